The fraction of sp³-hybridized carbons (Fsp3) is 0.0667. The average molecular weight is 262 g/mol. The number of nitriles is 2. The van der Waals surface area contributed by atoms with E-state index in [1.54, 1.807) is 43.3 Å². The van der Waals surface area contributed by atoms with E-state index in [1.165, 1.54) is 0 Å². The Kier molecular flexibility index (Phi) is 3.74. The van der Waals surface area contributed by atoms with E-state index in [-0.39, 0.29) is 5.56 Å². The van der Waals surface area contributed by atoms with Gasteiger partial charge in [-0.3, -0.25) is 4.79 Å². The molecule has 1 aromatic carbocycles. The summed E-state index contributed by atoms with van der Waals surface area (Å²) in [7, 11) is 0. The number of aromatic nitrogens is 2. The quantitative estimate of drug-likeness (QED) is 0.895. The molecule has 96 valence electrons. The summed E-state index contributed by atoms with van der Waals surface area (Å²) in [4.78, 5) is 11.4. The first-order valence-corrected chi connectivity index (χ1v) is 5.83. The van der Waals surface area contributed by atoms with Crippen LogP contribution in [0, 0.1) is 29.6 Å². The third kappa shape index (κ3) is 2.63. The highest BCUT2D eigenvalue weighted by Crippen LogP contribution is 2.11. The SMILES string of the molecule is Cc1c(/C=C/c2ccc(C#N)cc2)n[nH]c(=O)c1C#N. The summed E-state index contributed by atoms with van der Waals surface area (Å²) in [5, 5.41) is 23.8. The molecule has 5 heteroatoms. The van der Waals surface area contributed by atoms with Crippen molar-refractivity contribution in [2.45, 2.75) is 6.92 Å². The molecule has 0 aliphatic heterocycles. The molecule has 0 saturated carbocycles. The van der Waals surface area contributed by atoms with Crippen molar-refractivity contribution in [2.75, 3.05) is 0 Å². The predicted molar refractivity (Wildman–Crippen MR) is 74.4 cm³/mol. The predicted octanol–water partition coefficient (Wildman–Crippen LogP) is 1.99. The minimum Gasteiger partial charge on any atom is -0.267 e. The lowest BCUT2D eigenvalue weighted by Gasteiger charge is -2.00. The molecule has 0 atom stereocenters. The number of rotatable bonds is 2. The van der Waals surface area contributed by atoms with Crippen LogP contribution in [0.25, 0.3) is 12.2 Å². The molecule has 5 nitrogen and oxygen atoms in total. The number of nitrogens with zero attached hydrogens (tertiary/aromatic N) is 3. The van der Waals surface area contributed by atoms with Crippen molar-refractivity contribution < 1.29 is 0 Å². The van der Waals surface area contributed by atoms with Gasteiger partial charge in [-0.25, -0.2) is 5.10 Å². The van der Waals surface area contributed by atoms with Crippen molar-refractivity contribution in [3.63, 3.8) is 0 Å². The van der Waals surface area contributed by atoms with Gasteiger partial charge >= 0.3 is 0 Å². The van der Waals surface area contributed by atoms with Crippen molar-refractivity contribution in [3.05, 3.63) is 62.6 Å². The van der Waals surface area contributed by atoms with Crippen LogP contribution in [0.5, 0.6) is 0 Å². The molecule has 20 heavy (non-hydrogen) atoms. The smallest absolute Gasteiger partial charge is 0.267 e. The van der Waals surface area contributed by atoms with Crippen LogP contribution in [0.15, 0.2) is 29.1 Å². The van der Waals surface area contributed by atoms with Crippen molar-refractivity contribution in [1.29, 1.82) is 10.5 Å². The van der Waals surface area contributed by atoms with Crippen LogP contribution in [0.3, 0.4) is 0 Å². The summed E-state index contributed by atoms with van der Waals surface area (Å²) in [5.41, 5.74) is 2.15. The van der Waals surface area contributed by atoms with Gasteiger partial charge in [0.05, 0.1) is 17.3 Å². The van der Waals surface area contributed by atoms with E-state index in [0.717, 1.165) is 5.56 Å². The summed E-state index contributed by atoms with van der Waals surface area (Å²) >= 11 is 0. The van der Waals surface area contributed by atoms with Gasteiger partial charge < -0.3 is 0 Å². The maximum absolute atomic E-state index is 11.4. The van der Waals surface area contributed by atoms with Gasteiger partial charge in [0.2, 0.25) is 0 Å². The number of benzene rings is 1. The van der Waals surface area contributed by atoms with Crippen molar-refractivity contribution in [2.24, 2.45) is 0 Å². The Morgan fingerprint density at radius 1 is 1.15 bits per heavy atom. The van der Waals surface area contributed by atoms with Crippen LogP contribution < -0.4 is 5.56 Å². The Bertz CT molecular complexity index is 802. The molecule has 0 bridgehead atoms. The Balaban J connectivity index is 2.35. The van der Waals surface area contributed by atoms with E-state index in [2.05, 4.69) is 10.2 Å². The van der Waals surface area contributed by atoms with Crippen molar-refractivity contribution in [3.8, 4) is 12.1 Å². The minimum atomic E-state index is -0.486. The van der Waals surface area contributed by atoms with Crippen LogP contribution in [0.1, 0.15) is 27.9 Å². The Hall–Kier alpha value is -3.18. The molecule has 1 heterocycles. The molecular formula is C15H10N4O. The number of H-pyrrole nitrogens is 1. The van der Waals surface area contributed by atoms with Crippen LogP contribution >= 0.6 is 0 Å². The molecule has 0 aliphatic carbocycles. The molecule has 0 radical (unpaired) electrons. The second-order valence-electron chi connectivity index (χ2n) is 4.12. The summed E-state index contributed by atoms with van der Waals surface area (Å²) in [6.07, 6.45) is 3.52. The number of hydrogen-bond donors (Lipinski definition) is 1. The largest absolute Gasteiger partial charge is 0.282 e. The zero-order valence-electron chi connectivity index (χ0n) is 10.7. The maximum atomic E-state index is 11.4. The lowest BCUT2D eigenvalue weighted by Crippen LogP contribution is -2.15. The molecule has 2 aromatic rings. The van der Waals surface area contributed by atoms with Gasteiger partial charge in [-0.2, -0.15) is 15.6 Å². The van der Waals surface area contributed by atoms with E-state index in [1.807, 2.05) is 12.1 Å². The van der Waals surface area contributed by atoms with E-state index >= 15 is 0 Å². The lowest BCUT2D eigenvalue weighted by molar-refractivity contribution is 0.952. The molecule has 0 fully saturated rings. The fourth-order valence-electron chi connectivity index (χ4n) is 1.69. The Morgan fingerprint density at radius 2 is 1.85 bits per heavy atom. The molecule has 0 spiro atoms. The first-order chi connectivity index (χ1) is 9.65. The summed E-state index contributed by atoms with van der Waals surface area (Å²) in [6, 6.07) is 11.0. The van der Waals surface area contributed by atoms with Crippen LogP contribution in [0.2, 0.25) is 0 Å². The zero-order valence-corrected chi connectivity index (χ0v) is 10.7. The number of aromatic amines is 1. The van der Waals surface area contributed by atoms with Gasteiger partial charge in [0.15, 0.2) is 0 Å². The van der Waals surface area contributed by atoms with Crippen LogP contribution in [-0.2, 0) is 0 Å². The summed E-state index contributed by atoms with van der Waals surface area (Å²) in [6.45, 7) is 1.68. The van der Waals surface area contributed by atoms with Gasteiger partial charge in [-0.1, -0.05) is 18.2 Å². The van der Waals surface area contributed by atoms with Crippen molar-refractivity contribution >= 4 is 12.2 Å². The molecule has 1 aromatic heterocycles. The standard InChI is InChI=1S/C15H10N4O/c1-10-13(9-17)15(20)19-18-14(10)7-6-11-2-4-12(8-16)5-3-11/h2-7H,1H3,(H,19,20)/b7-6+. The first kappa shape index (κ1) is 13.3. The second kappa shape index (κ2) is 5.64. The highest BCUT2D eigenvalue weighted by Gasteiger charge is 2.07. The summed E-state index contributed by atoms with van der Waals surface area (Å²) < 4.78 is 0. The zero-order chi connectivity index (χ0) is 14.5. The molecule has 0 unspecified atom stereocenters. The fourth-order valence-corrected chi connectivity index (χ4v) is 1.69. The number of hydrogen-bond acceptors (Lipinski definition) is 4. The lowest BCUT2D eigenvalue weighted by atomic mass is 10.1. The van der Waals surface area contributed by atoms with Gasteiger partial charge in [0.25, 0.3) is 5.56 Å². The normalized spacial score (nSPS) is 10.2. The average Bonchev–Trinajstić information content (AvgIpc) is 2.47. The number of nitrogens with one attached hydrogen (secondary N) is 1. The highest BCUT2D eigenvalue weighted by molar-refractivity contribution is 5.70. The van der Waals surface area contributed by atoms with Crippen LogP contribution in [0.4, 0.5) is 0 Å². The van der Waals surface area contributed by atoms with Gasteiger partial charge in [0.1, 0.15) is 11.6 Å². The van der Waals surface area contributed by atoms with Gasteiger partial charge in [-0.15, -0.1) is 0 Å². The van der Waals surface area contributed by atoms with E-state index < -0.39 is 5.56 Å². The van der Waals surface area contributed by atoms with E-state index in [0.29, 0.717) is 16.8 Å². The second-order valence-corrected chi connectivity index (χ2v) is 4.12. The molecule has 2 rings (SSSR count). The molecule has 1 N–H and O–H groups in total. The van der Waals surface area contributed by atoms with Crippen molar-refractivity contribution in [1.82, 2.24) is 10.2 Å². The van der Waals surface area contributed by atoms with Gasteiger partial charge in [-0.05, 0) is 36.3 Å². The van der Waals surface area contributed by atoms with Crippen LogP contribution in [-0.4, -0.2) is 10.2 Å². The van der Waals surface area contributed by atoms with Gasteiger partial charge in [0, 0.05) is 0 Å². The molecular weight excluding hydrogens is 252 g/mol. The highest BCUT2D eigenvalue weighted by atomic mass is 16.1. The van der Waals surface area contributed by atoms with E-state index in [4.69, 9.17) is 10.5 Å². The minimum absolute atomic E-state index is 0.0690. The third-order valence-corrected chi connectivity index (χ3v) is 2.85. The monoisotopic (exact) mass is 262 g/mol. The molecule has 0 aliphatic rings. The molecule has 0 saturated heterocycles. The third-order valence-electron chi connectivity index (χ3n) is 2.85. The Labute approximate surface area is 115 Å². The topological polar surface area (TPSA) is 93.3 Å². The van der Waals surface area contributed by atoms with E-state index in [9.17, 15) is 4.79 Å². The summed E-state index contributed by atoms with van der Waals surface area (Å²) in [5.74, 6) is 0. The molecule has 0 amide bonds. The Morgan fingerprint density at radius 3 is 2.45 bits per heavy atom. The maximum Gasteiger partial charge on any atom is 0.282 e. The first-order valence-electron chi connectivity index (χ1n) is 5.83.